The average molecular weight is 949 g/mol. The number of nitrogens with one attached hydrogen (secondary N) is 1. The molecule has 1 amide bonds. The number of hydrogen-bond donors (Lipinski definition) is 3. The SMILES string of the molecule is CCCCCCCCCCCCCCCCCCCCC(=O)OCCCCCCCCCCCCCCCCC(=O)NC(CO)C(O)CCCCCCCCCCCCCCCCCCCC. The largest absolute Gasteiger partial charge is 0.466 e. The third-order valence-electron chi connectivity index (χ3n) is 14.7. The summed E-state index contributed by atoms with van der Waals surface area (Å²) < 4.78 is 5.49. The highest BCUT2D eigenvalue weighted by Crippen LogP contribution is 2.18. The molecule has 0 aromatic heterocycles. The molecule has 0 rings (SSSR count). The van der Waals surface area contributed by atoms with Crippen LogP contribution >= 0.6 is 0 Å². The zero-order chi connectivity index (χ0) is 48.6. The van der Waals surface area contributed by atoms with Crippen LogP contribution in [0.1, 0.15) is 354 Å². The van der Waals surface area contributed by atoms with Crippen molar-refractivity contribution in [2.45, 2.75) is 366 Å². The molecule has 0 radical (unpaired) electrons. The van der Waals surface area contributed by atoms with Gasteiger partial charge in [0.25, 0.3) is 0 Å². The van der Waals surface area contributed by atoms with Crippen LogP contribution in [0.3, 0.4) is 0 Å². The number of rotatable bonds is 58. The van der Waals surface area contributed by atoms with Crippen LogP contribution in [-0.2, 0) is 14.3 Å². The maximum Gasteiger partial charge on any atom is 0.305 e. The van der Waals surface area contributed by atoms with Gasteiger partial charge in [0.1, 0.15) is 0 Å². The predicted molar refractivity (Wildman–Crippen MR) is 292 cm³/mol. The van der Waals surface area contributed by atoms with Gasteiger partial charge in [0.2, 0.25) is 5.91 Å². The van der Waals surface area contributed by atoms with E-state index in [1.165, 1.54) is 270 Å². The molecule has 0 heterocycles. The summed E-state index contributed by atoms with van der Waals surface area (Å²) in [4.78, 5) is 24.6. The first-order valence-corrected chi connectivity index (χ1v) is 30.8. The number of ether oxygens (including phenoxy) is 1. The Hall–Kier alpha value is -1.14. The Labute approximate surface area is 419 Å². The first-order chi connectivity index (χ1) is 33.0. The quantitative estimate of drug-likeness (QED) is 0.0417. The van der Waals surface area contributed by atoms with Gasteiger partial charge < -0.3 is 20.3 Å². The van der Waals surface area contributed by atoms with Gasteiger partial charge in [-0.2, -0.15) is 0 Å². The van der Waals surface area contributed by atoms with E-state index in [0.717, 1.165) is 51.4 Å². The fraction of sp³-hybridized carbons (Fsp3) is 0.967. The van der Waals surface area contributed by atoms with Gasteiger partial charge in [-0.15, -0.1) is 0 Å². The van der Waals surface area contributed by atoms with Crippen molar-refractivity contribution in [2.24, 2.45) is 0 Å². The second kappa shape index (κ2) is 57.4. The molecule has 400 valence electrons. The van der Waals surface area contributed by atoms with Crippen molar-refractivity contribution in [3.63, 3.8) is 0 Å². The van der Waals surface area contributed by atoms with Crippen LogP contribution < -0.4 is 5.32 Å². The molecule has 0 fully saturated rings. The van der Waals surface area contributed by atoms with E-state index >= 15 is 0 Å². The lowest BCUT2D eigenvalue weighted by atomic mass is 10.0. The Balaban J connectivity index is 3.40. The van der Waals surface area contributed by atoms with E-state index in [4.69, 9.17) is 4.74 Å². The molecule has 0 aliphatic carbocycles. The highest BCUT2D eigenvalue weighted by atomic mass is 16.5. The number of carbonyl (C=O) groups is 2. The van der Waals surface area contributed by atoms with Crippen molar-refractivity contribution in [3.8, 4) is 0 Å². The minimum atomic E-state index is -0.670. The Bertz CT molecular complexity index is 959. The Morgan fingerprint density at radius 2 is 0.612 bits per heavy atom. The number of unbranched alkanes of at least 4 members (excludes halogenated alkanes) is 47. The van der Waals surface area contributed by atoms with E-state index in [2.05, 4.69) is 19.2 Å². The Morgan fingerprint density at radius 3 is 0.910 bits per heavy atom. The van der Waals surface area contributed by atoms with Crippen LogP contribution in [0.4, 0.5) is 0 Å². The summed E-state index contributed by atoms with van der Waals surface area (Å²) >= 11 is 0. The predicted octanol–water partition coefficient (Wildman–Crippen LogP) is 19.1. The summed E-state index contributed by atoms with van der Waals surface area (Å²) in [6.45, 7) is 4.97. The molecule has 67 heavy (non-hydrogen) atoms. The summed E-state index contributed by atoms with van der Waals surface area (Å²) in [7, 11) is 0. The van der Waals surface area contributed by atoms with Gasteiger partial charge in [-0.3, -0.25) is 9.59 Å². The molecule has 0 aliphatic rings. The smallest absolute Gasteiger partial charge is 0.305 e. The van der Waals surface area contributed by atoms with Gasteiger partial charge in [-0.05, 0) is 25.7 Å². The molecule has 2 atom stereocenters. The molecule has 0 bridgehead atoms. The number of aliphatic hydroxyl groups excluding tert-OH is 2. The molecule has 0 aliphatic heterocycles. The lowest BCUT2D eigenvalue weighted by Crippen LogP contribution is -2.45. The highest BCUT2D eigenvalue weighted by molar-refractivity contribution is 5.76. The van der Waals surface area contributed by atoms with Gasteiger partial charge in [-0.1, -0.05) is 316 Å². The summed E-state index contributed by atoms with van der Waals surface area (Å²) in [6, 6.07) is -0.548. The van der Waals surface area contributed by atoms with Crippen molar-refractivity contribution in [2.75, 3.05) is 13.2 Å². The van der Waals surface area contributed by atoms with Crippen LogP contribution in [0.25, 0.3) is 0 Å². The number of esters is 1. The minimum absolute atomic E-state index is 0.00361. The number of amides is 1. The lowest BCUT2D eigenvalue weighted by Gasteiger charge is -2.22. The number of aliphatic hydroxyl groups is 2. The Morgan fingerprint density at radius 1 is 0.358 bits per heavy atom. The van der Waals surface area contributed by atoms with Crippen molar-refractivity contribution in [1.29, 1.82) is 0 Å². The van der Waals surface area contributed by atoms with E-state index < -0.39 is 12.1 Å². The lowest BCUT2D eigenvalue weighted by molar-refractivity contribution is -0.143. The van der Waals surface area contributed by atoms with E-state index in [9.17, 15) is 19.8 Å². The van der Waals surface area contributed by atoms with Crippen LogP contribution in [0.15, 0.2) is 0 Å². The molecular formula is C61H121NO5. The van der Waals surface area contributed by atoms with Crippen LogP contribution in [0.2, 0.25) is 0 Å². The third-order valence-corrected chi connectivity index (χ3v) is 14.7. The summed E-state index contributed by atoms with van der Waals surface area (Å²) in [6.07, 6.45) is 66.7. The zero-order valence-corrected chi connectivity index (χ0v) is 45.7. The molecule has 0 saturated heterocycles. The van der Waals surface area contributed by atoms with Crippen molar-refractivity contribution < 1.29 is 24.5 Å². The van der Waals surface area contributed by atoms with Gasteiger partial charge in [-0.25, -0.2) is 0 Å². The van der Waals surface area contributed by atoms with Gasteiger partial charge in [0.15, 0.2) is 0 Å². The maximum absolute atomic E-state index is 12.5. The summed E-state index contributed by atoms with van der Waals surface area (Å²) in [5, 5.41) is 23.3. The number of hydrogen-bond acceptors (Lipinski definition) is 5. The monoisotopic (exact) mass is 948 g/mol. The van der Waals surface area contributed by atoms with Gasteiger partial charge >= 0.3 is 5.97 Å². The maximum atomic E-state index is 12.5. The first kappa shape index (κ1) is 65.9. The fourth-order valence-electron chi connectivity index (χ4n) is 9.94. The normalized spacial score (nSPS) is 12.5. The van der Waals surface area contributed by atoms with Crippen LogP contribution in [-0.4, -0.2) is 47.4 Å². The minimum Gasteiger partial charge on any atom is -0.466 e. The standard InChI is InChI=1S/C61H121NO5/c1-3-5-7-9-11-13-15-17-19-21-23-25-29-33-37-41-45-49-53-59(64)58(57-63)62-60(65)54-50-46-42-38-34-30-27-28-32-36-40-44-48-52-56-67-61(66)55-51-47-43-39-35-31-26-24-22-20-18-16-14-12-10-8-6-4-2/h58-59,63-64H,3-57H2,1-2H3,(H,62,65). The molecule has 6 nitrogen and oxygen atoms in total. The molecule has 6 heteroatoms. The highest BCUT2D eigenvalue weighted by Gasteiger charge is 2.20. The van der Waals surface area contributed by atoms with Crippen molar-refractivity contribution >= 4 is 11.9 Å². The molecule has 3 N–H and O–H groups in total. The molecule has 0 spiro atoms. The average Bonchev–Trinajstić information content (AvgIpc) is 3.33. The fourth-order valence-corrected chi connectivity index (χ4v) is 9.94. The van der Waals surface area contributed by atoms with E-state index in [1.54, 1.807) is 0 Å². The van der Waals surface area contributed by atoms with E-state index in [0.29, 0.717) is 25.9 Å². The van der Waals surface area contributed by atoms with Crippen LogP contribution in [0.5, 0.6) is 0 Å². The first-order valence-electron chi connectivity index (χ1n) is 30.8. The van der Waals surface area contributed by atoms with Gasteiger partial charge in [0, 0.05) is 12.8 Å². The number of carbonyl (C=O) groups excluding carboxylic acids is 2. The zero-order valence-electron chi connectivity index (χ0n) is 45.7. The van der Waals surface area contributed by atoms with Gasteiger partial charge in [0.05, 0.1) is 25.4 Å². The third kappa shape index (κ3) is 54.0. The Kier molecular flexibility index (Phi) is 56.5. The van der Waals surface area contributed by atoms with E-state index in [-0.39, 0.29) is 18.5 Å². The molecule has 2 unspecified atom stereocenters. The van der Waals surface area contributed by atoms with E-state index in [1.807, 2.05) is 0 Å². The summed E-state index contributed by atoms with van der Waals surface area (Å²) in [5.74, 6) is -0.0376. The molecular weight excluding hydrogens is 827 g/mol. The second-order valence-electron chi connectivity index (χ2n) is 21.4. The van der Waals surface area contributed by atoms with Crippen LogP contribution in [0, 0.1) is 0 Å². The topological polar surface area (TPSA) is 95.9 Å². The summed E-state index contributed by atoms with van der Waals surface area (Å²) in [5.41, 5.74) is 0. The molecule has 0 aromatic rings. The second-order valence-corrected chi connectivity index (χ2v) is 21.4. The molecule has 0 saturated carbocycles. The van der Waals surface area contributed by atoms with Crippen molar-refractivity contribution in [3.05, 3.63) is 0 Å². The van der Waals surface area contributed by atoms with Crippen molar-refractivity contribution in [1.82, 2.24) is 5.32 Å². The molecule has 0 aromatic carbocycles.